The molecule has 20 heavy (non-hydrogen) atoms. The molecule has 0 bridgehead atoms. The third-order valence-corrected chi connectivity index (χ3v) is 35.0. The summed E-state index contributed by atoms with van der Waals surface area (Å²) in [6.45, 7) is 25.1. The van der Waals surface area contributed by atoms with E-state index in [-0.39, 0.29) is 22.6 Å². The fourth-order valence-electron chi connectivity index (χ4n) is 3.08. The van der Waals surface area contributed by atoms with E-state index in [0.29, 0.717) is 0 Å². The summed E-state index contributed by atoms with van der Waals surface area (Å²) in [6, 6.07) is 0. The molecule has 1 rings (SSSR count). The molecule has 1 aliphatic rings. The summed E-state index contributed by atoms with van der Waals surface area (Å²) in [7, 11) is 0.278. The Kier molecular flexibility index (Phi) is 6.31. The molecule has 0 aromatic heterocycles. The summed E-state index contributed by atoms with van der Waals surface area (Å²) >= 11 is 0. The van der Waals surface area contributed by atoms with Gasteiger partial charge in [0.05, 0.1) is 0 Å². The molecule has 5 heteroatoms. The first kappa shape index (κ1) is 19.8. The van der Waals surface area contributed by atoms with Gasteiger partial charge in [-0.1, -0.05) is 0 Å². The average Bonchev–Trinajstić information content (AvgIpc) is 2.24. The molecule has 0 saturated heterocycles. The van der Waals surface area contributed by atoms with Gasteiger partial charge in [0.1, 0.15) is 0 Å². The van der Waals surface area contributed by atoms with E-state index in [4.69, 9.17) is 0 Å². The average molecular weight is 371 g/mol. The fourth-order valence-corrected chi connectivity index (χ4v) is 32.3. The van der Waals surface area contributed by atoms with Crippen molar-refractivity contribution in [2.45, 2.75) is 19.5 Å². The van der Waals surface area contributed by atoms with Crippen molar-refractivity contribution >= 4 is 35.8 Å². The number of hydrogen-bond donors (Lipinski definition) is 0. The van der Waals surface area contributed by atoms with Gasteiger partial charge in [-0.25, -0.2) is 0 Å². The maximum atomic E-state index is 4.10. The van der Waals surface area contributed by atoms with Crippen LogP contribution in [0.15, 0.2) is 0 Å². The van der Waals surface area contributed by atoms with Crippen LogP contribution in [0.2, 0.25) is 0 Å². The van der Waals surface area contributed by atoms with Crippen molar-refractivity contribution in [2.24, 2.45) is 5.92 Å². The Morgan fingerprint density at radius 2 is 1.60 bits per heavy atom. The normalized spacial score (nSPS) is 40.2. The van der Waals surface area contributed by atoms with Crippen molar-refractivity contribution < 1.29 is 0 Å². The molecular weight excluding hydrogens is 335 g/mol. The van der Waals surface area contributed by atoms with Crippen LogP contribution < -0.4 is 0 Å². The van der Waals surface area contributed by atoms with Crippen molar-refractivity contribution in [1.29, 1.82) is 0 Å². The van der Waals surface area contributed by atoms with Gasteiger partial charge in [0.2, 0.25) is 0 Å². The van der Waals surface area contributed by atoms with E-state index >= 15 is 0 Å². The molecule has 1 aliphatic heterocycles. The van der Waals surface area contributed by atoms with Crippen molar-refractivity contribution in [3.8, 4) is 5.37 Å². The van der Waals surface area contributed by atoms with Crippen LogP contribution in [0.25, 0.3) is 0 Å². The van der Waals surface area contributed by atoms with Crippen LogP contribution in [0, 0.1) is 11.3 Å². The predicted octanol–water partition coefficient (Wildman–Crippen LogP) is 6.78. The van der Waals surface area contributed by atoms with E-state index in [1.54, 1.807) is 6.16 Å². The van der Waals surface area contributed by atoms with Crippen LogP contribution >= 0.6 is 35.8 Å². The van der Waals surface area contributed by atoms with Gasteiger partial charge >= 0.3 is 132 Å². The number of hydrogen-bond acceptors (Lipinski definition) is 0. The summed E-state index contributed by atoms with van der Waals surface area (Å²) in [5.74, 6) is 2.33. The van der Waals surface area contributed by atoms with Gasteiger partial charge in [-0.15, -0.1) is 0 Å². The maximum absolute atomic E-state index is 4.10. The second-order valence-corrected chi connectivity index (χ2v) is 35.8. The van der Waals surface area contributed by atoms with Crippen molar-refractivity contribution in [1.82, 2.24) is 0 Å². The SMILES string of the molecule is CC(C)C1CP(C)(C)(C)P(C)CP(C)C#P(C)[P+]1(C)C. The van der Waals surface area contributed by atoms with Crippen molar-refractivity contribution in [3.05, 3.63) is 0 Å². The Morgan fingerprint density at radius 3 is 2.05 bits per heavy atom. The summed E-state index contributed by atoms with van der Waals surface area (Å²) in [5.41, 5.74) is 0.968. The zero-order valence-electron chi connectivity index (χ0n) is 15.3. The van der Waals surface area contributed by atoms with E-state index in [1.807, 2.05) is 0 Å². The molecule has 0 nitrogen and oxygen atoms in total. The van der Waals surface area contributed by atoms with E-state index < -0.39 is 13.2 Å². The third-order valence-electron chi connectivity index (χ3n) is 5.17. The van der Waals surface area contributed by atoms with E-state index in [1.165, 1.54) is 5.90 Å². The van der Waals surface area contributed by atoms with Crippen LogP contribution in [-0.2, 0) is 0 Å². The molecule has 0 aromatic rings. The first-order chi connectivity index (χ1) is 8.75. The second-order valence-electron chi connectivity index (χ2n) is 8.63. The molecule has 0 amide bonds. The molecule has 0 spiro atoms. The summed E-state index contributed by atoms with van der Waals surface area (Å²) in [5, 5.41) is 4.10. The second kappa shape index (κ2) is 6.36. The monoisotopic (exact) mass is 371 g/mol. The van der Waals surface area contributed by atoms with E-state index in [2.05, 4.69) is 72.5 Å². The Bertz CT molecular complexity index is 444. The number of rotatable bonds is 1. The van der Waals surface area contributed by atoms with Gasteiger partial charge in [-0.2, -0.15) is 0 Å². The quantitative estimate of drug-likeness (QED) is 0.446. The van der Waals surface area contributed by atoms with Gasteiger partial charge in [-0.3, -0.25) is 0 Å². The van der Waals surface area contributed by atoms with Crippen LogP contribution in [0.3, 0.4) is 0 Å². The van der Waals surface area contributed by atoms with Crippen molar-refractivity contribution in [2.75, 3.05) is 65.4 Å². The Morgan fingerprint density at radius 1 is 1.10 bits per heavy atom. The molecule has 0 radical (unpaired) electrons. The minimum atomic E-state index is -1.50. The predicted molar refractivity (Wildman–Crippen MR) is 114 cm³/mol. The van der Waals surface area contributed by atoms with Gasteiger partial charge in [-0.05, 0) is 0 Å². The van der Waals surface area contributed by atoms with Gasteiger partial charge in [0.25, 0.3) is 0 Å². The minimum absolute atomic E-state index is 0.0316. The first-order valence-electron chi connectivity index (χ1n) is 7.53. The van der Waals surface area contributed by atoms with Crippen LogP contribution in [-0.4, -0.2) is 71.0 Å². The molecule has 4 unspecified atom stereocenters. The molecule has 0 aromatic carbocycles. The van der Waals surface area contributed by atoms with Gasteiger partial charge < -0.3 is 0 Å². The Hall–Kier alpha value is 1.80. The van der Waals surface area contributed by atoms with E-state index in [0.717, 1.165) is 11.6 Å². The van der Waals surface area contributed by atoms with E-state index in [9.17, 15) is 0 Å². The first-order valence-corrected chi connectivity index (χ1v) is 21.2. The van der Waals surface area contributed by atoms with Crippen LogP contribution in [0.4, 0.5) is 0 Å². The van der Waals surface area contributed by atoms with Gasteiger partial charge in [0.15, 0.2) is 0 Å². The molecule has 120 valence electrons. The van der Waals surface area contributed by atoms with Crippen molar-refractivity contribution in [3.63, 3.8) is 0 Å². The standard InChI is InChI=1S/C15H36P5/c1-14(2)15-11-20(8,9,10)18(5)13-16(3)12-17(4)19(15,6)7/h14-15H,11,13H2,1-10H3/q+1. The third kappa shape index (κ3) is 4.42. The van der Waals surface area contributed by atoms with Crippen LogP contribution in [0.1, 0.15) is 13.8 Å². The fraction of sp³-hybridized carbons (Fsp3) is 0.933. The molecule has 0 saturated carbocycles. The molecule has 4 atom stereocenters. The Balaban J connectivity index is 3.42. The molecule has 0 aliphatic carbocycles. The summed E-state index contributed by atoms with van der Waals surface area (Å²) in [6.07, 6.45) is 0.0495. The van der Waals surface area contributed by atoms with Crippen LogP contribution in [0.5, 0.6) is 0 Å². The summed E-state index contributed by atoms with van der Waals surface area (Å²) in [4.78, 5) is 0. The molecule has 0 fully saturated rings. The molecule has 1 heterocycles. The zero-order chi connectivity index (χ0) is 16.0. The zero-order valence-corrected chi connectivity index (χ0v) is 19.8. The van der Waals surface area contributed by atoms with Gasteiger partial charge in [0, 0.05) is 0 Å². The topological polar surface area (TPSA) is 0 Å². The Labute approximate surface area is 132 Å². The molecular formula is C15H36P5+. The molecule has 0 N–H and O–H groups in total. The summed E-state index contributed by atoms with van der Waals surface area (Å²) < 4.78 is 0.